The summed E-state index contributed by atoms with van der Waals surface area (Å²) in [6, 6.07) is 0. The molecule has 3 unspecified atom stereocenters. The molecule has 0 bridgehead atoms. The number of esters is 4. The molecule has 0 aliphatic heterocycles. The molecule has 0 radical (unpaired) electrons. The minimum atomic E-state index is -4.95. The number of phosphoric ester groups is 2. The molecule has 0 saturated heterocycles. The Labute approximate surface area is 530 Å². The minimum absolute atomic E-state index is 0.102. The van der Waals surface area contributed by atoms with Gasteiger partial charge in [-0.3, -0.25) is 37.3 Å². The van der Waals surface area contributed by atoms with Crippen LogP contribution in [-0.2, 0) is 65.4 Å². The van der Waals surface area contributed by atoms with Crippen LogP contribution in [0.2, 0.25) is 0 Å². The average molecular weight is 1280 g/mol. The number of hydrogen-bond donors (Lipinski definition) is 3. The van der Waals surface area contributed by atoms with E-state index in [1.54, 1.807) is 0 Å². The highest BCUT2D eigenvalue weighted by atomic mass is 31.2. The molecule has 6 atom stereocenters. The number of phosphoric acid groups is 2. The Hall–Kier alpha value is -1.94. The standard InChI is InChI=1S/C68H132O17P2/c1-7-10-12-14-16-18-19-20-21-22-23-24-25-26-27-29-31-40-46-52-67(72)84-63(57-79-66(71)51-45-39-35-33-37-43-49-61(6)9-3)58-82-86(74,75)80-54-62(69)55-81-87(76,77)83-59-64(85-68(73)53-47-41-34-32-36-42-48-60(4)5)56-78-65(70)50-44-38-30-28-17-15-13-11-8-2/h60-64,69H,7-59H2,1-6H3,(H,74,75)(H,76,77)/t61?,62-,63-,64-/m1/s1. The summed E-state index contributed by atoms with van der Waals surface area (Å²) in [5, 5.41) is 10.6. The fraction of sp³-hybridized carbons (Fsp3) is 0.941. The van der Waals surface area contributed by atoms with Crippen LogP contribution in [0.4, 0.5) is 0 Å². The van der Waals surface area contributed by atoms with Crippen molar-refractivity contribution < 1.29 is 80.2 Å². The largest absolute Gasteiger partial charge is 0.472 e. The second-order valence-electron chi connectivity index (χ2n) is 25.3. The van der Waals surface area contributed by atoms with Crippen molar-refractivity contribution in [2.75, 3.05) is 39.6 Å². The van der Waals surface area contributed by atoms with Gasteiger partial charge in [-0.1, -0.05) is 292 Å². The first-order valence-electron chi connectivity index (χ1n) is 35.5. The van der Waals surface area contributed by atoms with Crippen molar-refractivity contribution in [3.8, 4) is 0 Å². The maximum absolute atomic E-state index is 13.0. The molecule has 87 heavy (non-hydrogen) atoms. The third-order valence-corrected chi connectivity index (χ3v) is 18.0. The molecule has 0 aromatic carbocycles. The van der Waals surface area contributed by atoms with Crippen molar-refractivity contribution in [1.29, 1.82) is 0 Å². The Morgan fingerprint density at radius 2 is 0.586 bits per heavy atom. The lowest BCUT2D eigenvalue weighted by atomic mass is 10.00. The van der Waals surface area contributed by atoms with Crippen molar-refractivity contribution in [1.82, 2.24) is 0 Å². The summed E-state index contributed by atoms with van der Waals surface area (Å²) in [5.41, 5.74) is 0. The average Bonchev–Trinajstić information content (AvgIpc) is 3.71. The minimum Gasteiger partial charge on any atom is -0.462 e. The molecule has 0 aliphatic carbocycles. The van der Waals surface area contributed by atoms with E-state index >= 15 is 0 Å². The molecular weight excluding hydrogens is 1150 g/mol. The van der Waals surface area contributed by atoms with Crippen LogP contribution in [-0.4, -0.2) is 96.7 Å². The molecule has 0 heterocycles. The van der Waals surface area contributed by atoms with Crippen LogP contribution in [0.5, 0.6) is 0 Å². The summed E-state index contributed by atoms with van der Waals surface area (Å²) in [4.78, 5) is 72.3. The van der Waals surface area contributed by atoms with E-state index in [1.807, 2.05) is 0 Å². The van der Waals surface area contributed by atoms with Gasteiger partial charge in [-0.05, 0) is 37.5 Å². The van der Waals surface area contributed by atoms with E-state index in [0.717, 1.165) is 102 Å². The van der Waals surface area contributed by atoms with Gasteiger partial charge in [0, 0.05) is 25.7 Å². The van der Waals surface area contributed by atoms with Gasteiger partial charge in [-0.25, -0.2) is 9.13 Å². The third-order valence-electron chi connectivity index (χ3n) is 16.1. The predicted molar refractivity (Wildman–Crippen MR) is 349 cm³/mol. The first kappa shape index (κ1) is 85.1. The summed E-state index contributed by atoms with van der Waals surface area (Å²) in [6.07, 6.45) is 44.8. The van der Waals surface area contributed by atoms with E-state index in [0.29, 0.717) is 31.6 Å². The predicted octanol–water partition coefficient (Wildman–Crippen LogP) is 19.2. The first-order valence-corrected chi connectivity index (χ1v) is 38.5. The van der Waals surface area contributed by atoms with Gasteiger partial charge in [-0.2, -0.15) is 0 Å². The Kier molecular flexibility index (Phi) is 59.0. The van der Waals surface area contributed by atoms with Gasteiger partial charge in [0.1, 0.15) is 19.3 Å². The van der Waals surface area contributed by atoms with Crippen LogP contribution >= 0.6 is 15.6 Å². The van der Waals surface area contributed by atoms with Gasteiger partial charge >= 0.3 is 39.5 Å². The molecule has 0 saturated carbocycles. The van der Waals surface area contributed by atoms with Crippen molar-refractivity contribution in [2.45, 2.75) is 362 Å². The van der Waals surface area contributed by atoms with E-state index < -0.39 is 97.5 Å². The Morgan fingerprint density at radius 1 is 0.333 bits per heavy atom. The first-order chi connectivity index (χ1) is 41.9. The molecule has 0 aromatic heterocycles. The number of carbonyl (C=O) groups is 4. The number of aliphatic hydroxyl groups excluding tert-OH is 1. The SMILES string of the molecule is CCCCCCCCCCCCCCCCCCCCCC(=O)O[C@H](COC(=O)CCCCCCCCC(C)CC)COP(=O)(O)OC[C@@H](O)COP(=O)(O)OC[C@@H](COC(=O)CCCCCCCCCCC)OC(=O)CCCCCCCCC(C)C. The monoisotopic (exact) mass is 1280 g/mol. The molecule has 0 amide bonds. The van der Waals surface area contributed by atoms with Crippen molar-refractivity contribution in [2.24, 2.45) is 11.8 Å². The van der Waals surface area contributed by atoms with Crippen LogP contribution in [0, 0.1) is 11.8 Å². The van der Waals surface area contributed by atoms with E-state index in [4.69, 9.17) is 37.0 Å². The van der Waals surface area contributed by atoms with E-state index in [1.165, 1.54) is 154 Å². The van der Waals surface area contributed by atoms with Gasteiger partial charge in [0.2, 0.25) is 0 Å². The van der Waals surface area contributed by atoms with Gasteiger partial charge in [0.05, 0.1) is 26.4 Å². The Balaban J connectivity index is 5.17. The van der Waals surface area contributed by atoms with Crippen LogP contribution in [0.25, 0.3) is 0 Å². The number of rotatable bonds is 67. The van der Waals surface area contributed by atoms with Crippen LogP contribution < -0.4 is 0 Å². The second-order valence-corrected chi connectivity index (χ2v) is 28.2. The van der Waals surface area contributed by atoms with Gasteiger partial charge in [-0.15, -0.1) is 0 Å². The number of ether oxygens (including phenoxy) is 4. The van der Waals surface area contributed by atoms with Crippen molar-refractivity contribution in [3.63, 3.8) is 0 Å². The summed E-state index contributed by atoms with van der Waals surface area (Å²) in [7, 11) is -9.89. The molecular formula is C68H132O17P2. The highest BCUT2D eigenvalue weighted by Gasteiger charge is 2.30. The molecule has 516 valence electrons. The lowest BCUT2D eigenvalue weighted by molar-refractivity contribution is -0.161. The fourth-order valence-corrected chi connectivity index (χ4v) is 11.8. The summed E-state index contributed by atoms with van der Waals surface area (Å²) in [5.74, 6) is -0.734. The molecule has 19 heteroatoms. The highest BCUT2D eigenvalue weighted by Crippen LogP contribution is 2.45. The van der Waals surface area contributed by atoms with E-state index in [2.05, 4.69) is 41.5 Å². The zero-order valence-corrected chi connectivity index (χ0v) is 58.1. The number of unbranched alkanes of at least 4 members (excludes halogenated alkanes) is 36. The normalized spacial score (nSPS) is 14.5. The smallest absolute Gasteiger partial charge is 0.462 e. The van der Waals surface area contributed by atoms with Crippen molar-refractivity contribution >= 4 is 39.5 Å². The van der Waals surface area contributed by atoms with Gasteiger partial charge < -0.3 is 33.8 Å². The topological polar surface area (TPSA) is 237 Å². The number of hydrogen-bond acceptors (Lipinski definition) is 15. The third kappa shape index (κ3) is 61.3. The summed E-state index contributed by atoms with van der Waals surface area (Å²) >= 11 is 0. The number of carbonyl (C=O) groups excluding carboxylic acids is 4. The highest BCUT2D eigenvalue weighted by molar-refractivity contribution is 7.47. The molecule has 0 aromatic rings. The summed E-state index contributed by atoms with van der Waals surface area (Å²) in [6.45, 7) is 9.38. The molecule has 0 aliphatic rings. The zero-order valence-electron chi connectivity index (χ0n) is 56.3. The second kappa shape index (κ2) is 60.3. The molecule has 0 spiro atoms. The van der Waals surface area contributed by atoms with Crippen molar-refractivity contribution in [3.05, 3.63) is 0 Å². The quantitative estimate of drug-likeness (QED) is 0.0222. The molecule has 17 nitrogen and oxygen atoms in total. The van der Waals surface area contributed by atoms with E-state index in [9.17, 15) is 43.2 Å². The maximum atomic E-state index is 13.0. The Morgan fingerprint density at radius 3 is 0.874 bits per heavy atom. The van der Waals surface area contributed by atoms with Gasteiger partial charge in [0.15, 0.2) is 12.2 Å². The van der Waals surface area contributed by atoms with Gasteiger partial charge in [0.25, 0.3) is 0 Å². The lowest BCUT2D eigenvalue weighted by Crippen LogP contribution is -2.30. The van der Waals surface area contributed by atoms with E-state index in [-0.39, 0.29) is 25.7 Å². The molecule has 3 N–H and O–H groups in total. The zero-order chi connectivity index (χ0) is 64.3. The Bertz CT molecular complexity index is 1700. The van der Waals surface area contributed by atoms with Crippen LogP contribution in [0.3, 0.4) is 0 Å². The summed E-state index contributed by atoms with van der Waals surface area (Å²) < 4.78 is 68.1. The fourth-order valence-electron chi connectivity index (χ4n) is 10.2. The van der Waals surface area contributed by atoms with Crippen LogP contribution in [0.15, 0.2) is 0 Å². The molecule has 0 fully saturated rings. The molecule has 0 rings (SSSR count). The maximum Gasteiger partial charge on any atom is 0.472 e. The van der Waals surface area contributed by atoms with Crippen LogP contribution in [0.1, 0.15) is 343 Å². The lowest BCUT2D eigenvalue weighted by Gasteiger charge is -2.21. The number of aliphatic hydroxyl groups is 1.